The summed E-state index contributed by atoms with van der Waals surface area (Å²) in [6, 6.07) is 3.89. The lowest BCUT2D eigenvalue weighted by atomic mass is 9.85. The minimum Gasteiger partial charge on any atom is -0.478 e. The summed E-state index contributed by atoms with van der Waals surface area (Å²) in [5.41, 5.74) is -0.975. The number of para-hydroxylation sites is 1. The summed E-state index contributed by atoms with van der Waals surface area (Å²) < 4.78 is 41.1. The van der Waals surface area contributed by atoms with E-state index in [0.717, 1.165) is 6.07 Å². The van der Waals surface area contributed by atoms with Gasteiger partial charge in [-0.05, 0) is 11.5 Å². The molecule has 0 spiro atoms. The number of ether oxygens (including phenoxy) is 1. The standard InChI is InChI=1S/C13H13F3O4/c1-12(2,3)8-6-4-5-7(10(17)18)9(8)20-11(19)13(14,15)16/h4-6H,1-3H3,(H,17,18). The van der Waals surface area contributed by atoms with E-state index < -0.39 is 34.8 Å². The lowest BCUT2D eigenvalue weighted by Gasteiger charge is -2.23. The second-order valence-corrected chi connectivity index (χ2v) is 5.12. The van der Waals surface area contributed by atoms with Crippen LogP contribution >= 0.6 is 0 Å². The first-order chi connectivity index (χ1) is 8.94. The van der Waals surface area contributed by atoms with Gasteiger partial charge in [-0.25, -0.2) is 9.59 Å². The number of alkyl halides is 3. The zero-order chi connectivity index (χ0) is 15.7. The summed E-state index contributed by atoms with van der Waals surface area (Å²) >= 11 is 0. The molecule has 0 atom stereocenters. The molecule has 0 radical (unpaired) electrons. The molecule has 4 nitrogen and oxygen atoms in total. The van der Waals surface area contributed by atoms with Crippen molar-refractivity contribution < 1.29 is 32.6 Å². The molecule has 1 aromatic rings. The first-order valence-corrected chi connectivity index (χ1v) is 5.60. The summed E-state index contributed by atoms with van der Waals surface area (Å²) in [4.78, 5) is 22.0. The van der Waals surface area contributed by atoms with Gasteiger partial charge in [-0.1, -0.05) is 32.9 Å². The van der Waals surface area contributed by atoms with Gasteiger partial charge < -0.3 is 9.84 Å². The zero-order valence-corrected chi connectivity index (χ0v) is 11.0. The van der Waals surface area contributed by atoms with E-state index in [4.69, 9.17) is 5.11 Å². The van der Waals surface area contributed by atoms with Gasteiger partial charge >= 0.3 is 18.1 Å². The summed E-state index contributed by atoms with van der Waals surface area (Å²) in [6.45, 7) is 5.00. The van der Waals surface area contributed by atoms with E-state index in [1.807, 2.05) is 0 Å². The third-order valence-electron chi connectivity index (χ3n) is 2.48. The Balaban J connectivity index is 3.41. The summed E-state index contributed by atoms with van der Waals surface area (Å²) in [5, 5.41) is 9.00. The molecule has 0 aliphatic rings. The molecular formula is C13H13F3O4. The third kappa shape index (κ3) is 3.49. The molecule has 0 amide bonds. The van der Waals surface area contributed by atoms with Crippen molar-refractivity contribution in [2.45, 2.75) is 32.4 Å². The molecular weight excluding hydrogens is 277 g/mol. The maximum absolute atomic E-state index is 12.3. The van der Waals surface area contributed by atoms with Crippen LogP contribution in [0, 0.1) is 0 Å². The highest BCUT2D eigenvalue weighted by Gasteiger charge is 2.42. The molecule has 1 aromatic carbocycles. The summed E-state index contributed by atoms with van der Waals surface area (Å²) in [6.07, 6.45) is -5.19. The first kappa shape index (κ1) is 16.0. The second kappa shape index (κ2) is 5.15. The highest BCUT2D eigenvalue weighted by atomic mass is 19.4. The highest BCUT2D eigenvalue weighted by molar-refractivity contribution is 5.93. The van der Waals surface area contributed by atoms with Crippen molar-refractivity contribution in [1.29, 1.82) is 0 Å². The Bertz CT molecular complexity index is 542. The lowest BCUT2D eigenvalue weighted by Crippen LogP contribution is -2.30. The van der Waals surface area contributed by atoms with E-state index in [1.165, 1.54) is 12.1 Å². The van der Waals surface area contributed by atoms with E-state index in [2.05, 4.69) is 4.74 Å². The van der Waals surface area contributed by atoms with E-state index in [0.29, 0.717) is 0 Å². The van der Waals surface area contributed by atoms with Gasteiger partial charge in [0.05, 0.1) is 0 Å². The second-order valence-electron chi connectivity index (χ2n) is 5.12. The zero-order valence-electron chi connectivity index (χ0n) is 11.0. The monoisotopic (exact) mass is 290 g/mol. The number of hydrogen-bond donors (Lipinski definition) is 1. The lowest BCUT2D eigenvalue weighted by molar-refractivity contribution is -0.189. The van der Waals surface area contributed by atoms with Crippen LogP contribution in [-0.4, -0.2) is 23.2 Å². The molecule has 0 aliphatic heterocycles. The van der Waals surface area contributed by atoms with Crippen LogP contribution in [0.3, 0.4) is 0 Å². The van der Waals surface area contributed by atoms with E-state index in [1.54, 1.807) is 20.8 Å². The predicted octanol–water partition coefficient (Wildman–Crippen LogP) is 3.15. The van der Waals surface area contributed by atoms with Crippen molar-refractivity contribution in [3.63, 3.8) is 0 Å². The van der Waals surface area contributed by atoms with Crippen LogP contribution in [0.25, 0.3) is 0 Å². The fraction of sp³-hybridized carbons (Fsp3) is 0.385. The van der Waals surface area contributed by atoms with Crippen LogP contribution in [0.2, 0.25) is 0 Å². The SMILES string of the molecule is CC(C)(C)c1cccc(C(=O)O)c1OC(=O)C(F)(F)F. The Morgan fingerprint density at radius 2 is 1.70 bits per heavy atom. The van der Waals surface area contributed by atoms with Crippen LogP contribution in [0.5, 0.6) is 5.75 Å². The van der Waals surface area contributed by atoms with E-state index >= 15 is 0 Å². The van der Waals surface area contributed by atoms with Crippen molar-refractivity contribution in [3.8, 4) is 5.75 Å². The Morgan fingerprint density at radius 1 is 1.15 bits per heavy atom. The van der Waals surface area contributed by atoms with E-state index in [-0.39, 0.29) is 5.56 Å². The number of benzene rings is 1. The summed E-state index contributed by atoms with van der Waals surface area (Å²) in [5.74, 6) is -4.49. The topological polar surface area (TPSA) is 63.6 Å². The fourth-order valence-corrected chi connectivity index (χ4v) is 1.56. The molecule has 0 heterocycles. The number of halogens is 3. The third-order valence-corrected chi connectivity index (χ3v) is 2.48. The molecule has 0 aliphatic carbocycles. The van der Waals surface area contributed by atoms with Crippen molar-refractivity contribution in [1.82, 2.24) is 0 Å². The average Bonchev–Trinajstić information content (AvgIpc) is 2.25. The number of carboxylic acids is 1. The number of esters is 1. The van der Waals surface area contributed by atoms with Gasteiger partial charge in [0.25, 0.3) is 0 Å². The van der Waals surface area contributed by atoms with E-state index in [9.17, 15) is 22.8 Å². The van der Waals surface area contributed by atoms with Gasteiger partial charge in [-0.3, -0.25) is 0 Å². The smallest absolute Gasteiger partial charge is 0.478 e. The molecule has 110 valence electrons. The maximum Gasteiger partial charge on any atom is 0.491 e. The summed E-state index contributed by atoms with van der Waals surface area (Å²) in [7, 11) is 0. The molecule has 7 heteroatoms. The number of carbonyl (C=O) groups excluding carboxylic acids is 1. The molecule has 0 aromatic heterocycles. The highest BCUT2D eigenvalue weighted by Crippen LogP contribution is 2.35. The van der Waals surface area contributed by atoms with Crippen LogP contribution in [-0.2, 0) is 10.2 Å². The molecule has 1 rings (SSSR count). The molecule has 0 bridgehead atoms. The fourth-order valence-electron chi connectivity index (χ4n) is 1.56. The van der Waals surface area contributed by atoms with Crippen LogP contribution in [0.15, 0.2) is 18.2 Å². The number of carboxylic acid groups (broad SMARTS) is 1. The maximum atomic E-state index is 12.3. The Kier molecular flexibility index (Phi) is 4.12. The Labute approximate surface area is 113 Å². The molecule has 0 saturated carbocycles. The number of hydrogen-bond acceptors (Lipinski definition) is 3. The van der Waals surface area contributed by atoms with Gasteiger partial charge in [0.1, 0.15) is 11.3 Å². The molecule has 1 N–H and O–H groups in total. The molecule has 0 saturated heterocycles. The minimum absolute atomic E-state index is 0.204. The predicted molar refractivity (Wildman–Crippen MR) is 63.8 cm³/mol. The number of carbonyl (C=O) groups is 2. The largest absolute Gasteiger partial charge is 0.491 e. The first-order valence-electron chi connectivity index (χ1n) is 5.60. The van der Waals surface area contributed by atoms with Crippen LogP contribution in [0.4, 0.5) is 13.2 Å². The van der Waals surface area contributed by atoms with Crippen molar-refractivity contribution in [2.24, 2.45) is 0 Å². The molecule has 0 unspecified atom stereocenters. The normalized spacial score (nSPS) is 12.1. The minimum atomic E-state index is -5.19. The number of rotatable bonds is 2. The number of aromatic carboxylic acids is 1. The van der Waals surface area contributed by atoms with Crippen molar-refractivity contribution in [3.05, 3.63) is 29.3 Å². The van der Waals surface area contributed by atoms with Gasteiger partial charge in [-0.15, -0.1) is 0 Å². The Morgan fingerprint density at radius 3 is 2.10 bits per heavy atom. The van der Waals surface area contributed by atoms with Gasteiger partial charge in [0.2, 0.25) is 0 Å². The molecule has 0 fully saturated rings. The molecule has 20 heavy (non-hydrogen) atoms. The quantitative estimate of drug-likeness (QED) is 0.671. The van der Waals surface area contributed by atoms with Crippen molar-refractivity contribution >= 4 is 11.9 Å². The van der Waals surface area contributed by atoms with Crippen LogP contribution < -0.4 is 4.74 Å². The van der Waals surface area contributed by atoms with Gasteiger partial charge in [0.15, 0.2) is 0 Å². The van der Waals surface area contributed by atoms with Crippen molar-refractivity contribution in [2.75, 3.05) is 0 Å². The Hall–Kier alpha value is -2.05. The van der Waals surface area contributed by atoms with Crippen LogP contribution in [0.1, 0.15) is 36.7 Å². The van der Waals surface area contributed by atoms with Gasteiger partial charge in [0, 0.05) is 5.56 Å². The van der Waals surface area contributed by atoms with Gasteiger partial charge in [-0.2, -0.15) is 13.2 Å². The average molecular weight is 290 g/mol.